The average molecular weight is 210 g/mol. The molecule has 0 fully saturated rings. The summed E-state index contributed by atoms with van der Waals surface area (Å²) in [5.41, 5.74) is 0.213. The third-order valence-corrected chi connectivity index (χ3v) is 2.03. The second-order valence-corrected chi connectivity index (χ2v) is 3.04. The van der Waals surface area contributed by atoms with E-state index in [0.717, 1.165) is 0 Å². The van der Waals surface area contributed by atoms with Crippen molar-refractivity contribution in [1.29, 1.82) is 0 Å². The zero-order chi connectivity index (χ0) is 11.0. The Morgan fingerprint density at radius 3 is 2.80 bits per heavy atom. The molecule has 0 saturated carbocycles. The number of rotatable bonds is 2. The lowest BCUT2D eigenvalue weighted by Gasteiger charge is -1.98. The number of hydrogen-bond acceptors (Lipinski definition) is 3. The van der Waals surface area contributed by atoms with Gasteiger partial charge in [0.25, 0.3) is 0 Å². The van der Waals surface area contributed by atoms with Gasteiger partial charge in [0, 0.05) is 0 Å². The Kier molecular flexibility index (Phi) is 2.17. The van der Waals surface area contributed by atoms with Gasteiger partial charge in [-0.25, -0.2) is 9.18 Å². The van der Waals surface area contributed by atoms with Crippen LogP contribution >= 0.6 is 0 Å². The molecule has 1 atom stereocenters. The van der Waals surface area contributed by atoms with Crippen molar-refractivity contribution >= 4 is 16.9 Å². The predicted octanol–water partition coefficient (Wildman–Crippen LogP) is 1.69. The van der Waals surface area contributed by atoms with Gasteiger partial charge in [-0.2, -0.15) is 0 Å². The van der Waals surface area contributed by atoms with Gasteiger partial charge in [0.2, 0.25) is 6.10 Å². The fourth-order valence-corrected chi connectivity index (χ4v) is 1.30. The van der Waals surface area contributed by atoms with Crippen molar-refractivity contribution in [1.82, 2.24) is 0 Å². The second-order valence-electron chi connectivity index (χ2n) is 3.04. The highest BCUT2D eigenvalue weighted by molar-refractivity contribution is 5.81. The molecular formula is C10H7FO4. The minimum absolute atomic E-state index is 0.160. The van der Waals surface area contributed by atoms with E-state index < -0.39 is 17.9 Å². The minimum Gasteiger partial charge on any atom is -0.479 e. The lowest BCUT2D eigenvalue weighted by Crippen LogP contribution is -2.09. The maximum absolute atomic E-state index is 13.2. The number of aliphatic carboxylic acids is 1. The Balaban J connectivity index is 2.56. The summed E-state index contributed by atoms with van der Waals surface area (Å²) < 4.78 is 18.2. The average Bonchev–Trinajstić information content (AvgIpc) is 2.61. The van der Waals surface area contributed by atoms with E-state index in [1.807, 2.05) is 0 Å². The summed E-state index contributed by atoms with van der Waals surface area (Å²) in [7, 11) is 0. The van der Waals surface area contributed by atoms with Crippen LogP contribution in [0.1, 0.15) is 11.9 Å². The van der Waals surface area contributed by atoms with Gasteiger partial charge in [-0.15, -0.1) is 0 Å². The van der Waals surface area contributed by atoms with Crippen LogP contribution in [0.15, 0.2) is 28.7 Å². The van der Waals surface area contributed by atoms with Crippen molar-refractivity contribution in [3.8, 4) is 0 Å². The van der Waals surface area contributed by atoms with Crippen LogP contribution in [0.2, 0.25) is 0 Å². The lowest BCUT2D eigenvalue weighted by molar-refractivity contribution is -0.147. The number of carboxylic acids is 1. The number of furan rings is 1. The summed E-state index contributed by atoms with van der Waals surface area (Å²) >= 11 is 0. The molecular weight excluding hydrogens is 203 g/mol. The number of hydrogen-bond donors (Lipinski definition) is 2. The van der Waals surface area contributed by atoms with Gasteiger partial charge in [-0.1, -0.05) is 6.07 Å². The lowest BCUT2D eigenvalue weighted by atomic mass is 10.2. The quantitative estimate of drug-likeness (QED) is 0.791. The maximum atomic E-state index is 13.2. The molecule has 0 saturated heterocycles. The van der Waals surface area contributed by atoms with Crippen molar-refractivity contribution in [2.24, 2.45) is 0 Å². The first-order chi connectivity index (χ1) is 7.09. The molecule has 0 aliphatic heterocycles. The Hall–Kier alpha value is -1.88. The van der Waals surface area contributed by atoms with E-state index in [4.69, 9.17) is 9.52 Å². The van der Waals surface area contributed by atoms with E-state index in [2.05, 4.69) is 0 Å². The van der Waals surface area contributed by atoms with Crippen LogP contribution in [-0.2, 0) is 4.79 Å². The molecule has 78 valence electrons. The zero-order valence-electron chi connectivity index (χ0n) is 7.48. The van der Waals surface area contributed by atoms with E-state index >= 15 is 0 Å². The smallest absolute Gasteiger partial charge is 0.340 e. The van der Waals surface area contributed by atoms with Crippen molar-refractivity contribution < 1.29 is 23.8 Å². The van der Waals surface area contributed by atoms with E-state index in [-0.39, 0.29) is 16.7 Å². The molecule has 0 amide bonds. The summed E-state index contributed by atoms with van der Waals surface area (Å²) in [4.78, 5) is 10.5. The number of fused-ring (bicyclic) bond motifs is 1. The summed E-state index contributed by atoms with van der Waals surface area (Å²) in [6.07, 6.45) is -1.77. The van der Waals surface area contributed by atoms with Gasteiger partial charge >= 0.3 is 5.97 Å². The largest absolute Gasteiger partial charge is 0.479 e. The summed E-state index contributed by atoms with van der Waals surface area (Å²) in [5.74, 6) is -2.13. The van der Waals surface area contributed by atoms with Gasteiger partial charge in [-0.05, 0) is 18.2 Å². The van der Waals surface area contributed by atoms with Crippen molar-refractivity contribution in [3.63, 3.8) is 0 Å². The predicted molar refractivity (Wildman–Crippen MR) is 48.8 cm³/mol. The van der Waals surface area contributed by atoms with Crippen LogP contribution in [0.4, 0.5) is 4.39 Å². The van der Waals surface area contributed by atoms with Gasteiger partial charge in [0.1, 0.15) is 17.2 Å². The van der Waals surface area contributed by atoms with Crippen molar-refractivity contribution in [3.05, 3.63) is 35.8 Å². The Labute approximate surface area is 83.6 Å². The summed E-state index contributed by atoms with van der Waals surface area (Å²) in [6.45, 7) is 0. The Bertz CT molecular complexity index is 517. The SMILES string of the molecule is O=C(O)C(O)c1cc2c(F)cccc2o1. The molecule has 15 heavy (non-hydrogen) atoms. The topological polar surface area (TPSA) is 70.7 Å². The van der Waals surface area contributed by atoms with E-state index in [9.17, 15) is 14.3 Å². The minimum atomic E-state index is -1.77. The number of halogens is 1. The standard InChI is InChI=1S/C10H7FO4/c11-6-2-1-3-7-5(6)4-8(15-7)9(12)10(13)14/h1-4,9,12H,(H,13,14). The highest BCUT2D eigenvalue weighted by Crippen LogP contribution is 2.25. The molecule has 1 heterocycles. The number of carboxylic acid groups (broad SMARTS) is 1. The van der Waals surface area contributed by atoms with Gasteiger partial charge in [0.05, 0.1) is 5.39 Å². The highest BCUT2D eigenvalue weighted by atomic mass is 19.1. The van der Waals surface area contributed by atoms with Crippen molar-refractivity contribution in [2.75, 3.05) is 0 Å². The first-order valence-corrected chi connectivity index (χ1v) is 4.18. The number of benzene rings is 1. The van der Waals surface area contributed by atoms with Gasteiger partial charge < -0.3 is 14.6 Å². The normalized spacial score (nSPS) is 12.9. The van der Waals surface area contributed by atoms with Crippen LogP contribution in [0.3, 0.4) is 0 Å². The van der Waals surface area contributed by atoms with E-state index in [1.54, 1.807) is 0 Å². The van der Waals surface area contributed by atoms with E-state index in [1.165, 1.54) is 24.3 Å². The van der Waals surface area contributed by atoms with Crippen LogP contribution in [-0.4, -0.2) is 16.2 Å². The molecule has 0 spiro atoms. The van der Waals surface area contributed by atoms with E-state index in [0.29, 0.717) is 0 Å². The van der Waals surface area contributed by atoms with Crippen LogP contribution in [0.5, 0.6) is 0 Å². The molecule has 0 aliphatic rings. The zero-order valence-corrected chi connectivity index (χ0v) is 7.48. The summed E-state index contributed by atoms with van der Waals surface area (Å²) in [5, 5.41) is 17.9. The molecule has 4 nitrogen and oxygen atoms in total. The Morgan fingerprint density at radius 2 is 2.20 bits per heavy atom. The number of aliphatic hydroxyl groups excluding tert-OH is 1. The first-order valence-electron chi connectivity index (χ1n) is 4.18. The molecule has 0 aliphatic carbocycles. The van der Waals surface area contributed by atoms with Crippen LogP contribution in [0.25, 0.3) is 11.0 Å². The molecule has 5 heteroatoms. The van der Waals surface area contributed by atoms with Gasteiger partial charge in [0.15, 0.2) is 0 Å². The molecule has 1 unspecified atom stereocenters. The third kappa shape index (κ3) is 1.57. The molecule has 1 aromatic carbocycles. The van der Waals surface area contributed by atoms with Crippen LogP contribution in [0, 0.1) is 5.82 Å². The molecule has 0 radical (unpaired) electrons. The maximum Gasteiger partial charge on any atom is 0.340 e. The highest BCUT2D eigenvalue weighted by Gasteiger charge is 2.21. The molecule has 1 aromatic heterocycles. The fraction of sp³-hybridized carbons (Fsp3) is 0.100. The third-order valence-electron chi connectivity index (χ3n) is 2.03. The van der Waals surface area contributed by atoms with Crippen molar-refractivity contribution in [2.45, 2.75) is 6.10 Å². The second kappa shape index (κ2) is 3.36. The monoisotopic (exact) mass is 210 g/mol. The number of carbonyl (C=O) groups is 1. The fourth-order valence-electron chi connectivity index (χ4n) is 1.30. The summed E-state index contributed by atoms with van der Waals surface area (Å²) in [6, 6.07) is 5.35. The first kappa shape index (κ1) is 9.67. The van der Waals surface area contributed by atoms with Gasteiger partial charge in [-0.3, -0.25) is 0 Å². The number of aliphatic hydroxyl groups is 1. The Morgan fingerprint density at radius 1 is 1.47 bits per heavy atom. The van der Waals surface area contributed by atoms with Crippen LogP contribution < -0.4 is 0 Å². The molecule has 0 bridgehead atoms. The molecule has 2 N–H and O–H groups in total. The molecule has 2 rings (SSSR count). The molecule has 2 aromatic rings.